The molecule has 1 amide bonds. The van der Waals surface area contributed by atoms with Crippen molar-refractivity contribution < 1.29 is 14.3 Å². The number of rotatable bonds is 14. The SMILES string of the molecule is CCCCCNC(=O)CSc1nnc(COc2ccccc2-c2ccccc2)n1CCOC. The topological polar surface area (TPSA) is 78.3 Å². The number of ether oxygens (including phenoxy) is 2. The Hall–Kier alpha value is -2.84. The largest absolute Gasteiger partial charge is 0.485 e. The Morgan fingerprint density at radius 1 is 1.06 bits per heavy atom. The van der Waals surface area contributed by atoms with Gasteiger partial charge in [-0.2, -0.15) is 0 Å². The molecule has 2 aromatic carbocycles. The highest BCUT2D eigenvalue weighted by atomic mass is 32.2. The van der Waals surface area contributed by atoms with Crippen LogP contribution in [0.15, 0.2) is 59.8 Å². The number of unbranched alkanes of at least 4 members (excludes halogenated alkanes) is 2. The lowest BCUT2D eigenvalue weighted by Gasteiger charge is -2.13. The van der Waals surface area contributed by atoms with E-state index in [1.54, 1.807) is 7.11 Å². The molecule has 176 valence electrons. The van der Waals surface area contributed by atoms with Crippen LogP contribution in [0.3, 0.4) is 0 Å². The predicted molar refractivity (Wildman–Crippen MR) is 131 cm³/mol. The summed E-state index contributed by atoms with van der Waals surface area (Å²) in [6, 6.07) is 18.1. The Morgan fingerprint density at radius 2 is 1.85 bits per heavy atom. The molecule has 0 spiro atoms. The van der Waals surface area contributed by atoms with Crippen LogP contribution >= 0.6 is 11.8 Å². The lowest BCUT2D eigenvalue weighted by molar-refractivity contribution is -0.118. The summed E-state index contributed by atoms with van der Waals surface area (Å²) in [6.45, 7) is 4.23. The third-order valence-electron chi connectivity index (χ3n) is 5.08. The first-order valence-electron chi connectivity index (χ1n) is 11.3. The number of benzene rings is 2. The van der Waals surface area contributed by atoms with E-state index in [0.29, 0.717) is 36.4 Å². The Bertz CT molecular complexity index is 994. The number of hydrogen-bond donors (Lipinski definition) is 1. The number of nitrogens with zero attached hydrogens (tertiary/aromatic N) is 3. The molecule has 0 aliphatic carbocycles. The van der Waals surface area contributed by atoms with Crippen LogP contribution in [0.4, 0.5) is 0 Å². The van der Waals surface area contributed by atoms with E-state index in [1.807, 2.05) is 47.0 Å². The molecule has 0 atom stereocenters. The number of nitrogens with one attached hydrogen (secondary N) is 1. The van der Waals surface area contributed by atoms with Crippen molar-refractivity contribution in [2.45, 2.75) is 44.5 Å². The quantitative estimate of drug-likeness (QED) is 0.276. The molecular formula is C25H32N4O3S. The fourth-order valence-corrected chi connectivity index (χ4v) is 4.13. The van der Waals surface area contributed by atoms with Crippen molar-refractivity contribution in [3.63, 3.8) is 0 Å². The van der Waals surface area contributed by atoms with Gasteiger partial charge in [-0.25, -0.2) is 0 Å². The highest BCUT2D eigenvalue weighted by Gasteiger charge is 2.15. The van der Waals surface area contributed by atoms with Gasteiger partial charge in [-0.3, -0.25) is 4.79 Å². The second kappa shape index (κ2) is 13.6. The summed E-state index contributed by atoms with van der Waals surface area (Å²) >= 11 is 1.38. The van der Waals surface area contributed by atoms with E-state index in [1.165, 1.54) is 11.8 Å². The summed E-state index contributed by atoms with van der Waals surface area (Å²) in [5.41, 5.74) is 2.12. The van der Waals surface area contributed by atoms with E-state index in [4.69, 9.17) is 9.47 Å². The molecule has 0 fully saturated rings. The normalized spacial score (nSPS) is 10.8. The molecule has 0 saturated heterocycles. The first-order chi connectivity index (χ1) is 16.2. The van der Waals surface area contributed by atoms with E-state index < -0.39 is 0 Å². The Balaban J connectivity index is 1.65. The van der Waals surface area contributed by atoms with Crippen LogP contribution in [0.5, 0.6) is 5.75 Å². The average molecular weight is 469 g/mol. The molecule has 0 aliphatic rings. The number of carbonyl (C=O) groups excluding carboxylic acids is 1. The van der Waals surface area contributed by atoms with E-state index in [2.05, 4.69) is 34.6 Å². The van der Waals surface area contributed by atoms with Crippen LogP contribution in [0.1, 0.15) is 32.0 Å². The van der Waals surface area contributed by atoms with Crippen molar-refractivity contribution in [3.05, 3.63) is 60.4 Å². The summed E-state index contributed by atoms with van der Waals surface area (Å²) < 4.78 is 13.4. The van der Waals surface area contributed by atoms with Crippen LogP contribution in [-0.4, -0.2) is 46.7 Å². The van der Waals surface area contributed by atoms with Crippen LogP contribution in [0.25, 0.3) is 11.1 Å². The molecule has 1 heterocycles. The number of methoxy groups -OCH3 is 1. The number of hydrogen-bond acceptors (Lipinski definition) is 6. The van der Waals surface area contributed by atoms with Gasteiger partial charge in [-0.05, 0) is 18.1 Å². The van der Waals surface area contributed by atoms with Gasteiger partial charge in [0.25, 0.3) is 0 Å². The van der Waals surface area contributed by atoms with Gasteiger partial charge in [0.1, 0.15) is 12.4 Å². The molecule has 0 radical (unpaired) electrons. The molecule has 3 aromatic rings. The maximum Gasteiger partial charge on any atom is 0.230 e. The Labute approximate surface area is 199 Å². The highest BCUT2D eigenvalue weighted by Crippen LogP contribution is 2.30. The standard InChI is InChI=1S/C25H32N4O3S/c1-3-4-10-15-26-24(30)19-33-25-28-27-23(29(25)16-17-31-2)18-32-22-14-9-8-13-21(22)20-11-6-5-7-12-20/h5-9,11-14H,3-4,10,15-19H2,1-2H3,(H,26,30). The fourth-order valence-electron chi connectivity index (χ4n) is 3.31. The number of para-hydroxylation sites is 1. The summed E-state index contributed by atoms with van der Waals surface area (Å²) in [7, 11) is 1.66. The zero-order chi connectivity index (χ0) is 23.3. The Kier molecular flexibility index (Phi) is 10.3. The summed E-state index contributed by atoms with van der Waals surface area (Å²) in [5.74, 6) is 1.79. The highest BCUT2D eigenvalue weighted by molar-refractivity contribution is 7.99. The number of carbonyl (C=O) groups is 1. The number of thioether (sulfide) groups is 1. The summed E-state index contributed by atoms with van der Waals surface area (Å²) in [5, 5.41) is 12.3. The van der Waals surface area contributed by atoms with Gasteiger partial charge < -0.3 is 19.4 Å². The first-order valence-corrected chi connectivity index (χ1v) is 12.3. The second-order valence-electron chi connectivity index (χ2n) is 7.54. The lowest BCUT2D eigenvalue weighted by atomic mass is 10.1. The van der Waals surface area contributed by atoms with Crippen molar-refractivity contribution in [2.24, 2.45) is 0 Å². The summed E-state index contributed by atoms with van der Waals surface area (Å²) in [6.07, 6.45) is 3.26. The van der Waals surface area contributed by atoms with Gasteiger partial charge in [0.2, 0.25) is 5.91 Å². The average Bonchev–Trinajstić information content (AvgIpc) is 3.25. The maximum atomic E-state index is 12.2. The van der Waals surface area contributed by atoms with E-state index in [-0.39, 0.29) is 12.5 Å². The fraction of sp³-hybridized carbons (Fsp3) is 0.400. The maximum absolute atomic E-state index is 12.2. The summed E-state index contributed by atoms with van der Waals surface area (Å²) in [4.78, 5) is 12.2. The third kappa shape index (κ3) is 7.61. The molecule has 1 aromatic heterocycles. The molecule has 0 aliphatic heterocycles. The lowest BCUT2D eigenvalue weighted by Crippen LogP contribution is -2.26. The minimum atomic E-state index is 0.00647. The minimum absolute atomic E-state index is 0.00647. The zero-order valence-corrected chi connectivity index (χ0v) is 20.1. The van der Waals surface area contributed by atoms with Crippen molar-refractivity contribution in [3.8, 4) is 16.9 Å². The molecule has 1 N–H and O–H groups in total. The molecule has 0 saturated carbocycles. The number of amides is 1. The predicted octanol–water partition coefficient (Wildman–Crippen LogP) is 4.57. The molecule has 0 unspecified atom stereocenters. The van der Waals surface area contributed by atoms with Gasteiger partial charge in [-0.1, -0.05) is 80.1 Å². The smallest absolute Gasteiger partial charge is 0.230 e. The van der Waals surface area contributed by atoms with Crippen LogP contribution < -0.4 is 10.1 Å². The van der Waals surface area contributed by atoms with E-state index in [9.17, 15) is 4.79 Å². The zero-order valence-electron chi connectivity index (χ0n) is 19.3. The molecule has 0 bridgehead atoms. The van der Waals surface area contributed by atoms with Crippen LogP contribution in [0, 0.1) is 0 Å². The Morgan fingerprint density at radius 3 is 2.64 bits per heavy atom. The van der Waals surface area contributed by atoms with E-state index in [0.717, 1.165) is 36.1 Å². The number of aromatic nitrogens is 3. The molecule has 33 heavy (non-hydrogen) atoms. The van der Waals surface area contributed by atoms with Gasteiger partial charge in [0.05, 0.1) is 12.4 Å². The van der Waals surface area contributed by atoms with Crippen LogP contribution in [0.2, 0.25) is 0 Å². The van der Waals surface area contributed by atoms with Crippen molar-refractivity contribution in [1.29, 1.82) is 0 Å². The molecule has 7 nitrogen and oxygen atoms in total. The first kappa shape index (κ1) is 24.8. The molecular weight excluding hydrogens is 436 g/mol. The van der Waals surface area contributed by atoms with Gasteiger partial charge in [0.15, 0.2) is 11.0 Å². The van der Waals surface area contributed by atoms with Crippen molar-refractivity contribution in [1.82, 2.24) is 20.1 Å². The van der Waals surface area contributed by atoms with Crippen molar-refractivity contribution >= 4 is 17.7 Å². The second-order valence-corrected chi connectivity index (χ2v) is 8.48. The third-order valence-corrected chi connectivity index (χ3v) is 6.04. The van der Waals surface area contributed by atoms with Gasteiger partial charge in [0, 0.05) is 25.8 Å². The van der Waals surface area contributed by atoms with Crippen LogP contribution in [-0.2, 0) is 22.7 Å². The molecule has 3 rings (SSSR count). The van der Waals surface area contributed by atoms with Crippen molar-refractivity contribution in [2.75, 3.05) is 26.0 Å². The monoisotopic (exact) mass is 468 g/mol. The van der Waals surface area contributed by atoms with Gasteiger partial charge in [-0.15, -0.1) is 10.2 Å². The molecule has 8 heteroatoms. The van der Waals surface area contributed by atoms with E-state index >= 15 is 0 Å². The minimum Gasteiger partial charge on any atom is -0.485 e. The van der Waals surface area contributed by atoms with Gasteiger partial charge >= 0.3 is 0 Å².